The number of oxime groups is 1. The molecule has 0 aromatic heterocycles. The van der Waals surface area contributed by atoms with Crippen molar-refractivity contribution in [3.05, 3.63) is 0 Å². The van der Waals surface area contributed by atoms with Crippen molar-refractivity contribution in [3.63, 3.8) is 0 Å². The molecule has 0 aliphatic heterocycles. The number of hydrogen-bond acceptors (Lipinski definition) is 2. The summed E-state index contributed by atoms with van der Waals surface area (Å²) in [7, 11) is 0.681. The molecule has 0 aliphatic carbocycles. The van der Waals surface area contributed by atoms with E-state index in [4.69, 9.17) is 5.21 Å². The van der Waals surface area contributed by atoms with E-state index in [1.165, 1.54) is 0 Å². The minimum atomic E-state index is -4.54. The van der Waals surface area contributed by atoms with E-state index in [0.717, 1.165) is 6.82 Å². The summed E-state index contributed by atoms with van der Waals surface area (Å²) in [6, 6.07) is 0. The van der Waals surface area contributed by atoms with Crippen LogP contribution in [0.25, 0.3) is 0 Å². The highest BCUT2D eigenvalue weighted by atomic mass is 19.4. The summed E-state index contributed by atoms with van der Waals surface area (Å²) in [4.78, 5) is 0. The van der Waals surface area contributed by atoms with Crippen molar-refractivity contribution in [3.8, 4) is 0 Å². The second kappa shape index (κ2) is 2.75. The predicted octanol–water partition coefficient (Wildman–Crippen LogP) is 1.09. The van der Waals surface area contributed by atoms with Gasteiger partial charge in [0.2, 0.25) is 0 Å². The molecule has 0 unspecified atom stereocenters. The van der Waals surface area contributed by atoms with E-state index in [2.05, 4.69) is 0 Å². The van der Waals surface area contributed by atoms with Crippen LogP contribution in [0.15, 0.2) is 5.16 Å². The van der Waals surface area contributed by atoms with Gasteiger partial charge in [0, 0.05) is 0 Å². The van der Waals surface area contributed by atoms with E-state index in [-0.39, 0.29) is 0 Å². The van der Waals surface area contributed by atoms with Gasteiger partial charge in [-0.25, -0.2) is 0 Å². The third-order valence-corrected chi connectivity index (χ3v) is 0.672. The van der Waals surface area contributed by atoms with Gasteiger partial charge in [0.05, 0.1) is 0 Å². The fourth-order valence-corrected chi connectivity index (χ4v) is 0.278. The first-order chi connectivity index (χ1) is 4.02. The Hall–Kier alpha value is -0.675. The van der Waals surface area contributed by atoms with E-state index in [0.29, 0.717) is 7.28 Å². The molecule has 0 aliphatic rings. The van der Waals surface area contributed by atoms with Gasteiger partial charge >= 0.3 is 6.18 Å². The van der Waals surface area contributed by atoms with Crippen molar-refractivity contribution in [2.75, 3.05) is 0 Å². The molecule has 9 heavy (non-hydrogen) atoms. The van der Waals surface area contributed by atoms with Crippen LogP contribution in [0.1, 0.15) is 0 Å². The standard InChI is InChI=1S/C3H4BF3NO/c1-4-2(8-9)3(5,6)7/h9H,1H3/b8-2-. The second-order valence-corrected chi connectivity index (χ2v) is 1.27. The fraction of sp³-hybridized carbons (Fsp3) is 0.667. The number of alkyl halides is 3. The van der Waals surface area contributed by atoms with Crippen LogP contribution in [0, 0.1) is 0 Å². The molecule has 0 atom stereocenters. The molecule has 51 valence electrons. The largest absolute Gasteiger partial charge is 0.423 e. The number of hydrogen-bond donors (Lipinski definition) is 1. The van der Waals surface area contributed by atoms with Gasteiger partial charge in [-0.15, -0.1) is 5.16 Å². The summed E-state index contributed by atoms with van der Waals surface area (Å²) in [5.41, 5.74) is -1.28. The normalized spacial score (nSPS) is 13.6. The Labute approximate surface area is 50.6 Å². The maximum atomic E-state index is 11.4. The van der Waals surface area contributed by atoms with E-state index in [9.17, 15) is 13.2 Å². The average molecular weight is 138 g/mol. The van der Waals surface area contributed by atoms with Gasteiger partial charge in [-0.05, 0) is 0 Å². The van der Waals surface area contributed by atoms with Crippen molar-refractivity contribution in [1.29, 1.82) is 0 Å². The average Bonchev–Trinajstić information content (AvgIpc) is 1.65. The SMILES string of the molecule is C[B]/C(=N\O)C(F)(F)F. The van der Waals surface area contributed by atoms with Crippen LogP contribution in [-0.4, -0.2) is 24.3 Å². The monoisotopic (exact) mass is 138 g/mol. The van der Waals surface area contributed by atoms with Gasteiger partial charge in [0.25, 0.3) is 0 Å². The molecule has 0 aromatic rings. The van der Waals surface area contributed by atoms with Gasteiger partial charge in [-0.3, -0.25) is 0 Å². The Balaban J connectivity index is 4.14. The summed E-state index contributed by atoms with van der Waals surface area (Å²) >= 11 is 0. The van der Waals surface area contributed by atoms with Crippen LogP contribution >= 0.6 is 0 Å². The van der Waals surface area contributed by atoms with Crippen LogP contribution < -0.4 is 0 Å². The lowest BCUT2D eigenvalue weighted by molar-refractivity contribution is -0.0580. The Morgan fingerprint density at radius 1 is 1.56 bits per heavy atom. The molecule has 1 N–H and O–H groups in total. The first-order valence-electron chi connectivity index (χ1n) is 2.11. The van der Waals surface area contributed by atoms with Gasteiger partial charge in [-0.2, -0.15) is 13.2 Å². The molecule has 0 amide bonds. The Morgan fingerprint density at radius 2 is 2.00 bits per heavy atom. The van der Waals surface area contributed by atoms with Crippen LogP contribution in [0.2, 0.25) is 6.82 Å². The highest BCUT2D eigenvalue weighted by Gasteiger charge is 2.34. The lowest BCUT2D eigenvalue weighted by Crippen LogP contribution is -2.27. The molecule has 2 nitrogen and oxygen atoms in total. The van der Waals surface area contributed by atoms with E-state index in [1.807, 2.05) is 5.16 Å². The molecular formula is C3H4BF3NO. The second-order valence-electron chi connectivity index (χ2n) is 1.27. The Morgan fingerprint density at radius 3 is 2.00 bits per heavy atom. The number of halogens is 3. The molecule has 0 saturated heterocycles. The minimum absolute atomic E-state index is 0.681. The molecule has 0 rings (SSSR count). The van der Waals surface area contributed by atoms with Crippen molar-refractivity contribution in [2.45, 2.75) is 13.0 Å². The molecule has 0 heterocycles. The van der Waals surface area contributed by atoms with Gasteiger partial charge < -0.3 is 5.21 Å². The van der Waals surface area contributed by atoms with Crippen molar-refractivity contribution in [2.24, 2.45) is 5.16 Å². The zero-order valence-electron chi connectivity index (χ0n) is 4.61. The third kappa shape index (κ3) is 2.39. The third-order valence-electron chi connectivity index (χ3n) is 0.672. The van der Waals surface area contributed by atoms with E-state index >= 15 is 0 Å². The molecule has 0 bridgehead atoms. The highest BCUT2D eigenvalue weighted by Crippen LogP contribution is 2.15. The first-order valence-corrected chi connectivity index (χ1v) is 2.11. The zero-order chi connectivity index (χ0) is 7.49. The molecule has 0 spiro atoms. The molecule has 0 aromatic carbocycles. The molecule has 1 radical (unpaired) electrons. The van der Waals surface area contributed by atoms with Crippen LogP contribution in [-0.2, 0) is 0 Å². The lowest BCUT2D eigenvalue weighted by atomic mass is 9.75. The summed E-state index contributed by atoms with van der Waals surface area (Å²) in [6.07, 6.45) is -4.54. The van der Waals surface area contributed by atoms with Crippen LogP contribution in [0.5, 0.6) is 0 Å². The van der Waals surface area contributed by atoms with E-state index in [1.54, 1.807) is 0 Å². The quantitative estimate of drug-likeness (QED) is 0.250. The topological polar surface area (TPSA) is 32.6 Å². The number of nitrogens with zero attached hydrogens (tertiary/aromatic N) is 1. The minimum Gasteiger partial charge on any atom is -0.411 e. The molecule has 6 heteroatoms. The maximum Gasteiger partial charge on any atom is 0.423 e. The highest BCUT2D eigenvalue weighted by molar-refractivity contribution is 6.75. The summed E-state index contributed by atoms with van der Waals surface area (Å²) in [6.45, 7) is 1.14. The van der Waals surface area contributed by atoms with Crippen LogP contribution in [0.4, 0.5) is 13.2 Å². The zero-order valence-corrected chi connectivity index (χ0v) is 4.61. The summed E-state index contributed by atoms with van der Waals surface area (Å²) in [5, 5.41) is 9.71. The lowest BCUT2D eigenvalue weighted by Gasteiger charge is -2.03. The van der Waals surface area contributed by atoms with Crippen molar-refractivity contribution < 1.29 is 18.4 Å². The molecule has 0 saturated carbocycles. The molecular weight excluding hydrogens is 134 g/mol. The summed E-state index contributed by atoms with van der Waals surface area (Å²) < 4.78 is 34.2. The fourth-order valence-electron chi connectivity index (χ4n) is 0.278. The smallest absolute Gasteiger partial charge is 0.411 e. The Kier molecular flexibility index (Phi) is 2.54. The Bertz CT molecular complexity index is 121. The van der Waals surface area contributed by atoms with Crippen molar-refractivity contribution in [1.82, 2.24) is 0 Å². The molecule has 0 fully saturated rings. The van der Waals surface area contributed by atoms with Gasteiger partial charge in [0.1, 0.15) is 5.61 Å². The first kappa shape index (κ1) is 8.32. The van der Waals surface area contributed by atoms with E-state index < -0.39 is 11.8 Å². The maximum absolute atomic E-state index is 11.4. The van der Waals surface area contributed by atoms with Crippen molar-refractivity contribution >= 4 is 12.9 Å². The van der Waals surface area contributed by atoms with Gasteiger partial charge in [0.15, 0.2) is 7.28 Å². The summed E-state index contributed by atoms with van der Waals surface area (Å²) in [5.74, 6) is 0. The van der Waals surface area contributed by atoms with Crippen LogP contribution in [0.3, 0.4) is 0 Å². The van der Waals surface area contributed by atoms with Gasteiger partial charge in [-0.1, -0.05) is 6.82 Å². The number of rotatable bonds is 1. The predicted molar refractivity (Wildman–Crippen MR) is 26.9 cm³/mol.